The maximum atomic E-state index is 12.5. The van der Waals surface area contributed by atoms with Crippen LogP contribution in [0.4, 0.5) is 5.69 Å². The summed E-state index contributed by atoms with van der Waals surface area (Å²) in [5, 5.41) is 4.00. The third kappa shape index (κ3) is 4.24. The van der Waals surface area contributed by atoms with E-state index in [1.54, 1.807) is 11.3 Å². The quantitative estimate of drug-likeness (QED) is 0.715. The number of aromatic nitrogens is 1. The van der Waals surface area contributed by atoms with E-state index in [4.69, 9.17) is 4.74 Å². The highest BCUT2D eigenvalue weighted by atomic mass is 32.1. The molecule has 2 heterocycles. The largest absolute Gasteiger partial charge is 0.378 e. The Balaban J connectivity index is 1.38. The highest BCUT2D eigenvalue weighted by molar-refractivity contribution is 7.15. The third-order valence-corrected chi connectivity index (χ3v) is 6.04. The topological polar surface area (TPSA) is 54.5 Å². The fourth-order valence-corrected chi connectivity index (χ4v) is 4.21. The van der Waals surface area contributed by atoms with Crippen LogP contribution >= 0.6 is 11.3 Å². The van der Waals surface area contributed by atoms with E-state index in [0.29, 0.717) is 12.1 Å². The first-order valence-corrected chi connectivity index (χ1v) is 10.2. The number of morpholine rings is 1. The normalized spacial score (nSPS) is 14.1. The number of nitrogens with one attached hydrogen (secondary N) is 1. The van der Waals surface area contributed by atoms with Crippen molar-refractivity contribution in [3.8, 4) is 10.6 Å². The average Bonchev–Trinajstić information content (AvgIpc) is 3.14. The van der Waals surface area contributed by atoms with Crippen molar-refractivity contribution in [3.05, 3.63) is 70.7 Å². The van der Waals surface area contributed by atoms with E-state index in [1.165, 1.54) is 0 Å². The number of hydrogen-bond donors (Lipinski definition) is 1. The van der Waals surface area contributed by atoms with Gasteiger partial charge in [0.1, 0.15) is 5.01 Å². The van der Waals surface area contributed by atoms with Crippen molar-refractivity contribution < 1.29 is 9.53 Å². The number of amides is 1. The molecule has 3 aromatic rings. The maximum Gasteiger partial charge on any atom is 0.251 e. The van der Waals surface area contributed by atoms with Crippen LogP contribution in [0, 0.1) is 6.92 Å². The van der Waals surface area contributed by atoms with E-state index in [0.717, 1.165) is 53.1 Å². The van der Waals surface area contributed by atoms with Gasteiger partial charge in [-0.25, -0.2) is 4.98 Å². The van der Waals surface area contributed by atoms with Gasteiger partial charge in [-0.05, 0) is 31.2 Å². The van der Waals surface area contributed by atoms with Crippen molar-refractivity contribution in [2.75, 3.05) is 31.2 Å². The van der Waals surface area contributed by atoms with Crippen molar-refractivity contribution in [1.29, 1.82) is 0 Å². The van der Waals surface area contributed by atoms with Crippen LogP contribution < -0.4 is 10.2 Å². The Morgan fingerprint density at radius 1 is 1.11 bits per heavy atom. The van der Waals surface area contributed by atoms with E-state index < -0.39 is 0 Å². The summed E-state index contributed by atoms with van der Waals surface area (Å²) in [6.07, 6.45) is 0. The molecule has 1 amide bonds. The summed E-state index contributed by atoms with van der Waals surface area (Å²) in [5.41, 5.74) is 3.87. The van der Waals surface area contributed by atoms with Gasteiger partial charge in [0.2, 0.25) is 0 Å². The van der Waals surface area contributed by atoms with Gasteiger partial charge >= 0.3 is 0 Å². The van der Waals surface area contributed by atoms with Gasteiger partial charge in [-0.2, -0.15) is 0 Å². The lowest BCUT2D eigenvalue weighted by molar-refractivity contribution is 0.0951. The van der Waals surface area contributed by atoms with Crippen molar-refractivity contribution in [2.45, 2.75) is 13.5 Å². The van der Waals surface area contributed by atoms with E-state index >= 15 is 0 Å². The Labute approximate surface area is 169 Å². The number of carbonyl (C=O) groups excluding carboxylic acids is 1. The number of thiazole rings is 1. The number of carbonyl (C=O) groups is 1. The summed E-state index contributed by atoms with van der Waals surface area (Å²) in [6.45, 7) is 5.75. The Hall–Kier alpha value is -2.70. The second-order valence-corrected chi connectivity index (χ2v) is 7.81. The molecule has 0 radical (unpaired) electrons. The number of benzene rings is 2. The molecule has 28 heavy (non-hydrogen) atoms. The molecular weight excluding hydrogens is 370 g/mol. The minimum absolute atomic E-state index is 0.0670. The summed E-state index contributed by atoms with van der Waals surface area (Å²) < 4.78 is 5.39. The highest BCUT2D eigenvalue weighted by Gasteiger charge is 2.14. The van der Waals surface area contributed by atoms with Gasteiger partial charge in [0.05, 0.1) is 25.5 Å². The van der Waals surface area contributed by atoms with E-state index in [2.05, 4.69) is 27.3 Å². The number of ether oxygens (including phenoxy) is 1. The van der Waals surface area contributed by atoms with Gasteiger partial charge in [-0.15, -0.1) is 11.3 Å². The van der Waals surface area contributed by atoms with Crippen LogP contribution in [0.3, 0.4) is 0 Å². The SMILES string of the molecule is Cc1nc(-c2ccccc2)sc1CNC(=O)c1ccc(N2CCOCC2)cc1. The molecule has 2 aromatic carbocycles. The number of aryl methyl sites for hydroxylation is 1. The monoisotopic (exact) mass is 393 g/mol. The zero-order chi connectivity index (χ0) is 19.3. The molecule has 6 heteroatoms. The lowest BCUT2D eigenvalue weighted by Gasteiger charge is -2.28. The smallest absolute Gasteiger partial charge is 0.251 e. The first kappa shape index (κ1) is 18.7. The molecule has 0 saturated carbocycles. The minimum atomic E-state index is -0.0670. The Morgan fingerprint density at radius 3 is 2.54 bits per heavy atom. The zero-order valence-electron chi connectivity index (χ0n) is 15.9. The lowest BCUT2D eigenvalue weighted by Crippen LogP contribution is -2.36. The highest BCUT2D eigenvalue weighted by Crippen LogP contribution is 2.27. The van der Waals surface area contributed by atoms with Gasteiger partial charge < -0.3 is 15.0 Å². The van der Waals surface area contributed by atoms with Crippen LogP contribution in [0.2, 0.25) is 0 Å². The fraction of sp³-hybridized carbons (Fsp3) is 0.273. The first-order valence-electron chi connectivity index (χ1n) is 9.43. The van der Waals surface area contributed by atoms with Gasteiger partial charge in [-0.1, -0.05) is 30.3 Å². The van der Waals surface area contributed by atoms with Crippen molar-refractivity contribution >= 4 is 22.9 Å². The number of anilines is 1. The van der Waals surface area contributed by atoms with Crippen LogP contribution in [0.25, 0.3) is 10.6 Å². The Bertz CT molecular complexity index is 932. The molecule has 0 unspecified atom stereocenters. The van der Waals surface area contributed by atoms with E-state index in [9.17, 15) is 4.79 Å². The predicted octanol–water partition coefficient (Wildman–Crippen LogP) is 3.89. The molecule has 1 N–H and O–H groups in total. The van der Waals surface area contributed by atoms with Crippen LogP contribution in [0.5, 0.6) is 0 Å². The summed E-state index contributed by atoms with van der Waals surface area (Å²) >= 11 is 1.63. The standard InChI is InChI=1S/C22H23N3O2S/c1-16-20(28-22(24-16)18-5-3-2-4-6-18)15-23-21(26)17-7-9-19(10-8-17)25-11-13-27-14-12-25/h2-10H,11-15H2,1H3,(H,23,26). The predicted molar refractivity (Wildman–Crippen MR) is 113 cm³/mol. The molecular formula is C22H23N3O2S. The molecule has 0 aliphatic carbocycles. The molecule has 0 atom stereocenters. The van der Waals surface area contributed by atoms with Crippen LogP contribution in [-0.4, -0.2) is 37.2 Å². The molecule has 1 aliphatic heterocycles. The first-order chi connectivity index (χ1) is 13.7. The Kier molecular flexibility index (Phi) is 5.69. The average molecular weight is 394 g/mol. The van der Waals surface area contributed by atoms with Crippen LogP contribution in [0.15, 0.2) is 54.6 Å². The van der Waals surface area contributed by atoms with Crippen molar-refractivity contribution in [1.82, 2.24) is 10.3 Å². The van der Waals surface area contributed by atoms with Gasteiger partial charge in [0.25, 0.3) is 5.91 Å². The van der Waals surface area contributed by atoms with Gasteiger partial charge in [0.15, 0.2) is 0 Å². The van der Waals surface area contributed by atoms with E-state index in [1.807, 2.05) is 49.4 Å². The molecule has 144 valence electrons. The molecule has 0 spiro atoms. The third-order valence-electron chi connectivity index (χ3n) is 4.83. The van der Waals surface area contributed by atoms with Crippen LogP contribution in [0.1, 0.15) is 20.9 Å². The molecule has 0 bridgehead atoms. The number of rotatable bonds is 5. The maximum absolute atomic E-state index is 12.5. The molecule has 1 fully saturated rings. The second kappa shape index (κ2) is 8.54. The van der Waals surface area contributed by atoms with Gasteiger partial charge in [0, 0.05) is 34.8 Å². The summed E-state index contributed by atoms with van der Waals surface area (Å²) in [7, 11) is 0. The molecule has 4 rings (SSSR count). The molecule has 1 aromatic heterocycles. The molecule has 1 aliphatic rings. The zero-order valence-corrected chi connectivity index (χ0v) is 16.7. The molecule has 1 saturated heterocycles. The molecule has 5 nitrogen and oxygen atoms in total. The lowest BCUT2D eigenvalue weighted by atomic mass is 10.1. The number of nitrogens with zero attached hydrogens (tertiary/aromatic N) is 2. The second-order valence-electron chi connectivity index (χ2n) is 6.72. The van der Waals surface area contributed by atoms with Crippen molar-refractivity contribution in [2.24, 2.45) is 0 Å². The van der Waals surface area contributed by atoms with E-state index in [-0.39, 0.29) is 5.91 Å². The van der Waals surface area contributed by atoms with Crippen molar-refractivity contribution in [3.63, 3.8) is 0 Å². The Morgan fingerprint density at radius 2 is 1.82 bits per heavy atom. The summed E-state index contributed by atoms with van der Waals surface area (Å²) in [4.78, 5) is 20.5. The summed E-state index contributed by atoms with van der Waals surface area (Å²) in [6, 6.07) is 17.9. The number of hydrogen-bond acceptors (Lipinski definition) is 5. The summed E-state index contributed by atoms with van der Waals surface area (Å²) in [5.74, 6) is -0.0670. The minimum Gasteiger partial charge on any atom is -0.378 e. The fourth-order valence-electron chi connectivity index (χ4n) is 3.20. The van der Waals surface area contributed by atoms with Crippen LogP contribution in [-0.2, 0) is 11.3 Å². The van der Waals surface area contributed by atoms with Gasteiger partial charge in [-0.3, -0.25) is 4.79 Å².